The lowest BCUT2D eigenvalue weighted by Gasteiger charge is -2.29. The summed E-state index contributed by atoms with van der Waals surface area (Å²) in [5, 5.41) is 9.76. The second kappa shape index (κ2) is 2.02. The normalized spacial score (nSPS) is 66.0. The highest BCUT2D eigenvalue weighted by Gasteiger charge is 2.60. The van der Waals surface area contributed by atoms with E-state index in [1.807, 2.05) is 0 Å². The topological polar surface area (TPSA) is 20.2 Å². The third-order valence-corrected chi connectivity index (χ3v) is 5.32. The Morgan fingerprint density at radius 3 is 2.64 bits per heavy atom. The molecule has 3 saturated carbocycles. The van der Waals surface area contributed by atoms with Gasteiger partial charge in [-0.2, -0.15) is 0 Å². The zero-order chi connectivity index (χ0) is 7.59. The van der Waals surface area contributed by atoms with Gasteiger partial charge in [0.05, 0.1) is 6.10 Å². The van der Waals surface area contributed by atoms with Gasteiger partial charge in [-0.05, 0) is 42.9 Å². The molecule has 0 aromatic carbocycles. The minimum Gasteiger partial charge on any atom is -0.392 e. The number of hydrogen-bond acceptors (Lipinski definition) is 1. The summed E-state index contributed by atoms with van der Waals surface area (Å²) >= 11 is 3.63. The largest absolute Gasteiger partial charge is 0.392 e. The summed E-state index contributed by atoms with van der Waals surface area (Å²) in [4.78, 5) is 0.429. The Morgan fingerprint density at radius 2 is 2.00 bits per heavy atom. The summed E-state index contributed by atoms with van der Waals surface area (Å²) in [7, 11) is 0. The molecule has 2 heteroatoms. The summed E-state index contributed by atoms with van der Waals surface area (Å²) in [6, 6.07) is 0. The van der Waals surface area contributed by atoms with Crippen LogP contribution in [0.4, 0.5) is 0 Å². The molecule has 0 aromatic rings. The molecule has 11 heavy (non-hydrogen) atoms. The van der Waals surface area contributed by atoms with Crippen LogP contribution in [-0.2, 0) is 0 Å². The second-order valence-corrected chi connectivity index (χ2v) is 5.47. The Kier molecular flexibility index (Phi) is 1.27. The third kappa shape index (κ3) is 0.665. The molecule has 6 atom stereocenters. The summed E-state index contributed by atoms with van der Waals surface area (Å²) in [5.74, 6) is 3.32. The van der Waals surface area contributed by atoms with Gasteiger partial charge in [0.2, 0.25) is 0 Å². The van der Waals surface area contributed by atoms with Crippen LogP contribution in [0.25, 0.3) is 0 Å². The standard InChI is InChI=1S/C9H13BrO/c10-8-7-4-1-2-5(7)6(3-4)9(8)11/h4-9,11H,1-3H2/t4-,5?,6-,7+,8?,9?/m0/s1. The van der Waals surface area contributed by atoms with Crippen LogP contribution in [0.5, 0.6) is 0 Å². The van der Waals surface area contributed by atoms with E-state index in [9.17, 15) is 5.11 Å². The van der Waals surface area contributed by atoms with E-state index in [-0.39, 0.29) is 6.10 Å². The van der Waals surface area contributed by atoms with Gasteiger partial charge in [-0.25, -0.2) is 0 Å². The second-order valence-electron chi connectivity index (χ2n) is 4.41. The molecule has 4 bridgehead atoms. The summed E-state index contributed by atoms with van der Waals surface area (Å²) < 4.78 is 0. The van der Waals surface area contributed by atoms with E-state index in [1.54, 1.807) is 0 Å². The molecular formula is C9H13BrO. The van der Waals surface area contributed by atoms with E-state index >= 15 is 0 Å². The Balaban J connectivity index is 1.99. The van der Waals surface area contributed by atoms with Crippen molar-refractivity contribution in [3.8, 4) is 0 Å². The molecule has 1 N–H and O–H groups in total. The number of halogens is 1. The van der Waals surface area contributed by atoms with Crippen molar-refractivity contribution in [2.45, 2.75) is 30.2 Å². The average molecular weight is 217 g/mol. The van der Waals surface area contributed by atoms with Crippen LogP contribution >= 0.6 is 15.9 Å². The quantitative estimate of drug-likeness (QED) is 0.613. The molecule has 0 aliphatic heterocycles. The monoisotopic (exact) mass is 216 g/mol. The van der Waals surface area contributed by atoms with Crippen molar-refractivity contribution in [2.75, 3.05) is 0 Å². The lowest BCUT2D eigenvalue weighted by atomic mass is 9.84. The third-order valence-electron chi connectivity index (χ3n) is 4.17. The highest BCUT2D eigenvalue weighted by molar-refractivity contribution is 9.09. The first-order valence-corrected chi connectivity index (χ1v) is 5.53. The number of aliphatic hydroxyl groups is 1. The molecule has 3 rings (SSSR count). The predicted octanol–water partition coefficient (Wildman–Crippen LogP) is 1.79. The summed E-state index contributed by atoms with van der Waals surface area (Å²) in [6.45, 7) is 0. The van der Waals surface area contributed by atoms with Crippen molar-refractivity contribution in [3.63, 3.8) is 0 Å². The first-order valence-electron chi connectivity index (χ1n) is 4.61. The van der Waals surface area contributed by atoms with Gasteiger partial charge in [-0.15, -0.1) is 0 Å². The Labute approximate surface area is 75.3 Å². The van der Waals surface area contributed by atoms with Crippen molar-refractivity contribution in [3.05, 3.63) is 0 Å². The lowest BCUT2D eigenvalue weighted by molar-refractivity contribution is 0.0869. The van der Waals surface area contributed by atoms with E-state index in [2.05, 4.69) is 15.9 Å². The zero-order valence-corrected chi connectivity index (χ0v) is 8.00. The maximum atomic E-state index is 9.76. The van der Waals surface area contributed by atoms with E-state index in [0.717, 1.165) is 17.8 Å². The molecule has 0 spiro atoms. The molecule has 0 radical (unpaired) electrons. The van der Waals surface area contributed by atoms with Crippen LogP contribution in [-0.4, -0.2) is 16.0 Å². The molecule has 62 valence electrons. The van der Waals surface area contributed by atoms with Crippen LogP contribution in [0.1, 0.15) is 19.3 Å². The molecule has 3 aliphatic rings. The Bertz CT molecular complexity index is 194. The van der Waals surface area contributed by atoms with Gasteiger partial charge >= 0.3 is 0 Å². The van der Waals surface area contributed by atoms with Crippen molar-refractivity contribution in [1.29, 1.82) is 0 Å². The molecule has 0 amide bonds. The maximum absolute atomic E-state index is 9.76. The predicted molar refractivity (Wildman–Crippen MR) is 46.5 cm³/mol. The van der Waals surface area contributed by atoms with Gasteiger partial charge in [0.15, 0.2) is 0 Å². The van der Waals surface area contributed by atoms with Crippen LogP contribution in [0.15, 0.2) is 0 Å². The first kappa shape index (κ1) is 6.90. The molecule has 3 fully saturated rings. The molecule has 0 heterocycles. The average Bonchev–Trinajstić information content (AvgIpc) is 2.61. The zero-order valence-electron chi connectivity index (χ0n) is 6.41. The molecule has 0 saturated heterocycles. The van der Waals surface area contributed by atoms with E-state index in [1.165, 1.54) is 19.3 Å². The van der Waals surface area contributed by atoms with Crippen molar-refractivity contribution < 1.29 is 5.11 Å². The fourth-order valence-corrected chi connectivity index (χ4v) is 5.01. The number of rotatable bonds is 0. The highest BCUT2D eigenvalue weighted by Crippen LogP contribution is 2.62. The summed E-state index contributed by atoms with van der Waals surface area (Å²) in [6.07, 6.45) is 4.11. The Morgan fingerprint density at radius 1 is 1.18 bits per heavy atom. The molecule has 3 aliphatic carbocycles. The lowest BCUT2D eigenvalue weighted by Crippen LogP contribution is -2.32. The van der Waals surface area contributed by atoms with Gasteiger partial charge in [0, 0.05) is 4.83 Å². The van der Waals surface area contributed by atoms with Crippen molar-refractivity contribution in [2.24, 2.45) is 23.7 Å². The molecule has 3 unspecified atom stereocenters. The van der Waals surface area contributed by atoms with Crippen LogP contribution in [0.3, 0.4) is 0 Å². The fraction of sp³-hybridized carbons (Fsp3) is 1.00. The first-order chi connectivity index (χ1) is 5.29. The van der Waals surface area contributed by atoms with E-state index in [0.29, 0.717) is 10.7 Å². The molecular weight excluding hydrogens is 204 g/mol. The smallest absolute Gasteiger partial charge is 0.0699 e. The minimum atomic E-state index is -0.0263. The van der Waals surface area contributed by atoms with Gasteiger partial charge in [-0.3, -0.25) is 0 Å². The van der Waals surface area contributed by atoms with Gasteiger partial charge in [0.25, 0.3) is 0 Å². The van der Waals surface area contributed by atoms with Gasteiger partial charge < -0.3 is 5.11 Å². The highest BCUT2D eigenvalue weighted by atomic mass is 79.9. The van der Waals surface area contributed by atoms with Crippen molar-refractivity contribution >= 4 is 15.9 Å². The van der Waals surface area contributed by atoms with Crippen LogP contribution in [0.2, 0.25) is 0 Å². The van der Waals surface area contributed by atoms with Gasteiger partial charge in [0.1, 0.15) is 0 Å². The number of hydrogen-bond donors (Lipinski definition) is 1. The van der Waals surface area contributed by atoms with Gasteiger partial charge in [-0.1, -0.05) is 15.9 Å². The molecule has 1 nitrogen and oxygen atoms in total. The van der Waals surface area contributed by atoms with E-state index < -0.39 is 0 Å². The number of aliphatic hydroxyl groups excluding tert-OH is 1. The molecule has 0 aromatic heterocycles. The SMILES string of the molecule is OC1C(Br)[C@H]2C3CC[C@H]2C[C@H]13. The maximum Gasteiger partial charge on any atom is 0.0699 e. The van der Waals surface area contributed by atoms with Crippen LogP contribution in [0, 0.1) is 23.7 Å². The minimum absolute atomic E-state index is 0.0263. The summed E-state index contributed by atoms with van der Waals surface area (Å²) in [5.41, 5.74) is 0. The fourth-order valence-electron chi connectivity index (χ4n) is 3.79. The van der Waals surface area contributed by atoms with Crippen LogP contribution < -0.4 is 0 Å². The Hall–Kier alpha value is 0.440. The van der Waals surface area contributed by atoms with Crippen molar-refractivity contribution in [1.82, 2.24) is 0 Å². The van der Waals surface area contributed by atoms with E-state index in [4.69, 9.17) is 0 Å². The number of alkyl halides is 1.